The van der Waals surface area contributed by atoms with E-state index >= 15 is 0 Å². The molecule has 3 nitrogen and oxygen atoms in total. The summed E-state index contributed by atoms with van der Waals surface area (Å²) < 4.78 is 5.22. The van der Waals surface area contributed by atoms with Crippen LogP contribution < -0.4 is 5.32 Å². The van der Waals surface area contributed by atoms with Crippen molar-refractivity contribution in [1.82, 2.24) is 5.32 Å². The molecule has 0 radical (unpaired) electrons. The highest BCUT2D eigenvalue weighted by molar-refractivity contribution is 5.44. The second-order valence-electron chi connectivity index (χ2n) is 4.31. The molecule has 3 heteroatoms. The Kier molecular flexibility index (Phi) is 5.64. The van der Waals surface area contributed by atoms with Gasteiger partial charge in [-0.05, 0) is 19.4 Å². The van der Waals surface area contributed by atoms with Crippen molar-refractivity contribution >= 4 is 5.94 Å². The maximum absolute atomic E-state index is 9.91. The normalized spacial score (nSPS) is 10.9. The molecule has 0 saturated heterocycles. The third-order valence-electron chi connectivity index (χ3n) is 2.59. The minimum atomic E-state index is -0.0783. The van der Waals surface area contributed by atoms with E-state index < -0.39 is 0 Å². The predicted octanol–water partition coefficient (Wildman–Crippen LogP) is 1.92. The number of carbonyl (C=O) groups excluding carboxylic acids is 1. The Morgan fingerprint density at radius 3 is 2.71 bits per heavy atom. The molecule has 0 amide bonds. The quantitative estimate of drug-likeness (QED) is 0.577. The van der Waals surface area contributed by atoms with Gasteiger partial charge in [-0.2, -0.15) is 0 Å². The van der Waals surface area contributed by atoms with Crippen LogP contribution in [0.1, 0.15) is 19.4 Å². The molecule has 1 aromatic carbocycles. The Morgan fingerprint density at radius 1 is 1.35 bits per heavy atom. The first-order valence-electron chi connectivity index (χ1n) is 5.74. The molecule has 0 spiro atoms. The van der Waals surface area contributed by atoms with Crippen LogP contribution in [0.4, 0.5) is 0 Å². The van der Waals surface area contributed by atoms with Gasteiger partial charge in [0.05, 0.1) is 13.2 Å². The summed E-state index contributed by atoms with van der Waals surface area (Å²) in [4.78, 5) is 9.91. The highest BCUT2D eigenvalue weighted by Gasteiger charge is 2.18. The van der Waals surface area contributed by atoms with Crippen LogP contribution in [0.15, 0.2) is 36.4 Å². The van der Waals surface area contributed by atoms with Crippen LogP contribution in [0.25, 0.3) is 0 Å². The van der Waals surface area contributed by atoms with Gasteiger partial charge >= 0.3 is 0 Å². The molecule has 0 aromatic heterocycles. The molecular weight excluding hydrogens is 214 g/mol. The number of rotatable bonds is 7. The summed E-state index contributed by atoms with van der Waals surface area (Å²) >= 11 is 0. The van der Waals surface area contributed by atoms with Crippen LogP contribution in [0.2, 0.25) is 0 Å². The fraction of sp³-hybridized carbons (Fsp3) is 0.429. The van der Waals surface area contributed by atoms with E-state index in [0.29, 0.717) is 13.2 Å². The Morgan fingerprint density at radius 2 is 2.06 bits per heavy atom. The minimum absolute atomic E-state index is 0.0783. The molecule has 1 N–H and O–H groups in total. The van der Waals surface area contributed by atoms with Gasteiger partial charge in [-0.3, -0.25) is 0 Å². The van der Waals surface area contributed by atoms with Crippen molar-refractivity contribution < 1.29 is 9.53 Å². The van der Waals surface area contributed by atoms with Crippen LogP contribution in [-0.2, 0) is 15.1 Å². The Labute approximate surface area is 102 Å². The van der Waals surface area contributed by atoms with Gasteiger partial charge in [0, 0.05) is 18.2 Å². The lowest BCUT2D eigenvalue weighted by molar-refractivity contribution is 0.156. The van der Waals surface area contributed by atoms with Crippen molar-refractivity contribution in [2.75, 3.05) is 19.8 Å². The maximum atomic E-state index is 9.91. The van der Waals surface area contributed by atoms with E-state index in [1.807, 2.05) is 18.2 Å². The average Bonchev–Trinajstić information content (AvgIpc) is 2.35. The van der Waals surface area contributed by atoms with E-state index in [1.54, 1.807) is 5.94 Å². The smallest absolute Gasteiger partial charge is 0.122 e. The summed E-state index contributed by atoms with van der Waals surface area (Å²) in [6, 6.07) is 10.3. The van der Waals surface area contributed by atoms with Gasteiger partial charge in [0.15, 0.2) is 0 Å². The van der Waals surface area contributed by atoms with Gasteiger partial charge in [-0.15, -0.1) is 0 Å². The molecule has 0 bridgehead atoms. The first kappa shape index (κ1) is 13.7. The van der Waals surface area contributed by atoms with E-state index in [-0.39, 0.29) is 5.54 Å². The molecular formula is C14H19NO2. The molecule has 0 aliphatic rings. The van der Waals surface area contributed by atoms with Crippen molar-refractivity contribution in [3.05, 3.63) is 42.0 Å². The highest BCUT2D eigenvalue weighted by Crippen LogP contribution is 2.18. The zero-order valence-electron chi connectivity index (χ0n) is 10.4. The van der Waals surface area contributed by atoms with Gasteiger partial charge in [0.2, 0.25) is 0 Å². The molecule has 0 aliphatic carbocycles. The van der Waals surface area contributed by atoms with E-state index in [4.69, 9.17) is 4.74 Å². The first-order valence-corrected chi connectivity index (χ1v) is 5.74. The standard InChI is InChI=1S/C14H19NO2/c1-14(2,13-7-4-3-5-8-13)15-9-12-17-11-6-10-16/h3-8,15H,9,11-12H2,1-2H3. The monoisotopic (exact) mass is 233 g/mol. The van der Waals surface area contributed by atoms with E-state index in [2.05, 4.69) is 31.3 Å². The number of ether oxygens (including phenoxy) is 1. The van der Waals surface area contributed by atoms with Crippen molar-refractivity contribution in [2.45, 2.75) is 19.4 Å². The second-order valence-corrected chi connectivity index (χ2v) is 4.31. The molecule has 1 aromatic rings. The second kappa shape index (κ2) is 7.02. The number of nitrogens with one attached hydrogen (secondary N) is 1. The molecule has 0 heterocycles. The summed E-state index contributed by atoms with van der Waals surface area (Å²) in [6.07, 6.45) is 1.34. The fourth-order valence-corrected chi connectivity index (χ4v) is 1.57. The van der Waals surface area contributed by atoms with E-state index in [9.17, 15) is 4.79 Å². The van der Waals surface area contributed by atoms with Crippen molar-refractivity contribution in [1.29, 1.82) is 0 Å². The summed E-state index contributed by atoms with van der Waals surface area (Å²) in [5.74, 6) is 1.68. The molecule has 0 fully saturated rings. The first-order chi connectivity index (χ1) is 8.17. The third kappa shape index (κ3) is 4.96. The molecule has 1 rings (SSSR count). The molecule has 0 saturated carbocycles. The van der Waals surface area contributed by atoms with E-state index in [1.165, 1.54) is 11.6 Å². The molecule has 17 heavy (non-hydrogen) atoms. The zero-order chi connectivity index (χ0) is 12.6. The largest absolute Gasteiger partial charge is 0.375 e. The lowest BCUT2D eigenvalue weighted by Crippen LogP contribution is -2.38. The third-order valence-corrected chi connectivity index (χ3v) is 2.59. The predicted molar refractivity (Wildman–Crippen MR) is 68.6 cm³/mol. The highest BCUT2D eigenvalue weighted by atomic mass is 16.5. The Bertz CT molecular complexity index is 367. The van der Waals surface area contributed by atoms with E-state index in [0.717, 1.165) is 6.54 Å². The van der Waals surface area contributed by atoms with Gasteiger partial charge < -0.3 is 10.1 Å². The lowest BCUT2D eigenvalue weighted by Gasteiger charge is -2.27. The topological polar surface area (TPSA) is 38.3 Å². The van der Waals surface area contributed by atoms with Crippen LogP contribution >= 0.6 is 0 Å². The summed E-state index contributed by atoms with van der Waals surface area (Å²) in [5.41, 5.74) is 1.17. The van der Waals surface area contributed by atoms with Crippen LogP contribution in [0.3, 0.4) is 0 Å². The molecule has 0 unspecified atom stereocenters. The van der Waals surface area contributed by atoms with Gasteiger partial charge in [0.1, 0.15) is 5.94 Å². The number of hydrogen-bond acceptors (Lipinski definition) is 3. The summed E-state index contributed by atoms with van der Waals surface area (Å²) in [5, 5.41) is 3.41. The van der Waals surface area contributed by atoms with Gasteiger partial charge in [-0.1, -0.05) is 30.3 Å². The minimum Gasteiger partial charge on any atom is -0.375 e. The van der Waals surface area contributed by atoms with Crippen LogP contribution in [0.5, 0.6) is 0 Å². The number of hydrogen-bond donors (Lipinski definition) is 1. The SMILES string of the molecule is CC(C)(NCCOCC=C=O)c1ccccc1. The van der Waals surface area contributed by atoms with Crippen LogP contribution in [0, 0.1) is 0 Å². The Hall–Kier alpha value is -1.41. The van der Waals surface area contributed by atoms with Gasteiger partial charge in [-0.25, -0.2) is 4.79 Å². The van der Waals surface area contributed by atoms with Crippen molar-refractivity contribution in [2.24, 2.45) is 0 Å². The fourth-order valence-electron chi connectivity index (χ4n) is 1.57. The molecule has 0 aliphatic heterocycles. The van der Waals surface area contributed by atoms with Crippen LogP contribution in [-0.4, -0.2) is 25.7 Å². The average molecular weight is 233 g/mol. The maximum Gasteiger partial charge on any atom is 0.122 e. The summed E-state index contributed by atoms with van der Waals surface area (Å²) in [6.45, 7) is 5.92. The summed E-state index contributed by atoms with van der Waals surface area (Å²) in [7, 11) is 0. The lowest BCUT2D eigenvalue weighted by atomic mass is 9.94. The van der Waals surface area contributed by atoms with Crippen molar-refractivity contribution in [3.8, 4) is 0 Å². The zero-order valence-corrected chi connectivity index (χ0v) is 10.4. The van der Waals surface area contributed by atoms with Crippen molar-refractivity contribution in [3.63, 3.8) is 0 Å². The molecule has 92 valence electrons. The number of benzene rings is 1. The van der Waals surface area contributed by atoms with Gasteiger partial charge in [0.25, 0.3) is 0 Å². The Balaban J connectivity index is 2.32. The molecule has 0 atom stereocenters.